The zero-order valence-corrected chi connectivity index (χ0v) is 17.2. The van der Waals surface area contributed by atoms with Gasteiger partial charge in [0.05, 0.1) is 6.04 Å². The zero-order valence-electron chi connectivity index (χ0n) is 17.2. The molecule has 9 heteroatoms. The molecule has 1 aliphatic heterocycles. The van der Waals surface area contributed by atoms with Crippen LogP contribution in [0.1, 0.15) is 35.1 Å². The molecule has 0 radical (unpaired) electrons. The summed E-state index contributed by atoms with van der Waals surface area (Å²) in [6.07, 6.45) is 7.70. The predicted molar refractivity (Wildman–Crippen MR) is 120 cm³/mol. The zero-order chi connectivity index (χ0) is 22.1. The van der Waals surface area contributed by atoms with Crippen LogP contribution in [-0.2, 0) is 4.79 Å². The largest absolute Gasteiger partial charge is 0.382 e. The van der Waals surface area contributed by atoms with Crippen LogP contribution >= 0.6 is 0 Å². The lowest BCUT2D eigenvalue weighted by Crippen LogP contribution is -2.22. The molecule has 160 valence electrons. The number of fused-ring (bicyclic) bond motifs is 1. The molecular formula is C23H21N7O2. The summed E-state index contributed by atoms with van der Waals surface area (Å²) < 4.78 is 1.91. The lowest BCUT2D eigenvalue weighted by Gasteiger charge is -2.18. The number of anilines is 2. The number of carbonyl (C=O) groups is 2. The van der Waals surface area contributed by atoms with E-state index in [-0.39, 0.29) is 11.9 Å². The summed E-state index contributed by atoms with van der Waals surface area (Å²) in [6.45, 7) is 0.707. The van der Waals surface area contributed by atoms with Gasteiger partial charge in [-0.25, -0.2) is 15.0 Å². The number of aromatic nitrogens is 4. The van der Waals surface area contributed by atoms with Gasteiger partial charge in [0.2, 0.25) is 6.41 Å². The molecule has 0 unspecified atom stereocenters. The van der Waals surface area contributed by atoms with Crippen molar-refractivity contribution in [3.05, 3.63) is 72.4 Å². The van der Waals surface area contributed by atoms with E-state index < -0.39 is 0 Å². The van der Waals surface area contributed by atoms with Gasteiger partial charge in [0.1, 0.15) is 28.7 Å². The minimum atomic E-state index is -0.251. The van der Waals surface area contributed by atoms with Crippen molar-refractivity contribution < 1.29 is 9.59 Å². The number of hydrogen-bond donors (Lipinski definition) is 2. The van der Waals surface area contributed by atoms with Crippen LogP contribution in [0.15, 0.2) is 61.1 Å². The van der Waals surface area contributed by atoms with Gasteiger partial charge in [-0.1, -0.05) is 18.2 Å². The predicted octanol–water partition coefficient (Wildman–Crippen LogP) is 2.92. The van der Waals surface area contributed by atoms with Gasteiger partial charge in [-0.05, 0) is 37.1 Å². The van der Waals surface area contributed by atoms with Crippen LogP contribution < -0.4 is 11.1 Å². The van der Waals surface area contributed by atoms with Crippen LogP contribution in [-0.4, -0.2) is 43.1 Å². The van der Waals surface area contributed by atoms with Crippen LogP contribution in [0.2, 0.25) is 0 Å². The number of carbonyl (C=O) groups excluding carboxylic acids is 2. The first-order valence-corrected chi connectivity index (χ1v) is 10.3. The van der Waals surface area contributed by atoms with Crippen LogP contribution in [0.25, 0.3) is 16.8 Å². The topological polar surface area (TPSA) is 119 Å². The molecular weight excluding hydrogens is 406 g/mol. The van der Waals surface area contributed by atoms with Gasteiger partial charge in [0, 0.05) is 36.3 Å². The molecule has 1 fully saturated rings. The number of likely N-dealkylation sites (tertiary alicyclic amines) is 1. The molecule has 1 saturated heterocycles. The number of imidazole rings is 1. The average Bonchev–Trinajstić information content (AvgIpc) is 3.45. The molecule has 3 aromatic heterocycles. The van der Waals surface area contributed by atoms with Gasteiger partial charge in [-0.2, -0.15) is 0 Å². The highest BCUT2D eigenvalue weighted by Gasteiger charge is 2.30. The molecule has 0 saturated carbocycles. The van der Waals surface area contributed by atoms with Crippen LogP contribution in [0, 0.1) is 0 Å². The Morgan fingerprint density at radius 3 is 2.72 bits per heavy atom. The molecule has 9 nitrogen and oxygen atoms in total. The summed E-state index contributed by atoms with van der Waals surface area (Å²) in [5.74, 6) is 1.35. The summed E-state index contributed by atoms with van der Waals surface area (Å²) in [7, 11) is 0. The summed E-state index contributed by atoms with van der Waals surface area (Å²) in [4.78, 5) is 39.0. The Bertz CT molecular complexity index is 1290. The number of amides is 2. The van der Waals surface area contributed by atoms with E-state index in [0.717, 1.165) is 30.6 Å². The number of pyridine rings is 1. The third kappa shape index (κ3) is 3.43. The Morgan fingerprint density at radius 2 is 1.97 bits per heavy atom. The second-order valence-electron chi connectivity index (χ2n) is 7.60. The van der Waals surface area contributed by atoms with E-state index in [1.807, 2.05) is 28.8 Å². The van der Waals surface area contributed by atoms with Gasteiger partial charge in [-0.3, -0.25) is 14.0 Å². The molecule has 0 aliphatic carbocycles. The van der Waals surface area contributed by atoms with Crippen molar-refractivity contribution in [3.8, 4) is 11.3 Å². The van der Waals surface area contributed by atoms with E-state index in [4.69, 9.17) is 10.7 Å². The first-order valence-electron chi connectivity index (χ1n) is 10.3. The maximum Gasteiger partial charge on any atom is 0.256 e. The van der Waals surface area contributed by atoms with E-state index in [9.17, 15) is 9.59 Å². The minimum Gasteiger partial charge on any atom is -0.382 e. The van der Waals surface area contributed by atoms with E-state index in [0.29, 0.717) is 35.0 Å². The molecule has 1 atom stereocenters. The summed E-state index contributed by atoms with van der Waals surface area (Å²) in [5, 5.41) is 2.77. The third-order valence-electron chi connectivity index (χ3n) is 5.67. The molecule has 1 aromatic carbocycles. The second-order valence-corrected chi connectivity index (χ2v) is 7.60. The number of nitrogens with two attached hydrogens (primary N) is 1. The fourth-order valence-electron chi connectivity index (χ4n) is 4.12. The number of nitrogens with zero attached hydrogens (tertiary/aromatic N) is 5. The SMILES string of the molecule is Nc1nccn2c([C@@H]3CCCN3C=O)nc(-c3ccc(C(=O)Nc4ccccn4)cc3)c12. The van der Waals surface area contributed by atoms with Gasteiger partial charge in [0.25, 0.3) is 5.91 Å². The van der Waals surface area contributed by atoms with Crippen LogP contribution in [0.5, 0.6) is 0 Å². The van der Waals surface area contributed by atoms with Crippen molar-refractivity contribution in [1.82, 2.24) is 24.3 Å². The lowest BCUT2D eigenvalue weighted by molar-refractivity contribution is -0.119. The average molecular weight is 427 g/mol. The van der Waals surface area contributed by atoms with E-state index >= 15 is 0 Å². The van der Waals surface area contributed by atoms with Gasteiger partial charge in [0.15, 0.2) is 0 Å². The normalized spacial score (nSPS) is 15.8. The molecule has 0 spiro atoms. The third-order valence-corrected chi connectivity index (χ3v) is 5.67. The quantitative estimate of drug-likeness (QED) is 0.473. The van der Waals surface area contributed by atoms with Crippen molar-refractivity contribution in [3.63, 3.8) is 0 Å². The van der Waals surface area contributed by atoms with Crippen molar-refractivity contribution in [2.24, 2.45) is 0 Å². The minimum absolute atomic E-state index is 0.112. The molecule has 5 rings (SSSR count). The summed E-state index contributed by atoms with van der Waals surface area (Å²) >= 11 is 0. The van der Waals surface area contributed by atoms with Crippen molar-refractivity contribution >= 4 is 29.5 Å². The van der Waals surface area contributed by atoms with Gasteiger partial charge >= 0.3 is 0 Å². The Kier molecular flexibility index (Phi) is 4.98. The summed E-state index contributed by atoms with van der Waals surface area (Å²) in [5.41, 5.74) is 8.87. The highest BCUT2D eigenvalue weighted by molar-refractivity contribution is 6.04. The van der Waals surface area contributed by atoms with Crippen LogP contribution in [0.3, 0.4) is 0 Å². The number of hydrogen-bond acceptors (Lipinski definition) is 6. The molecule has 1 aliphatic rings. The first-order chi connectivity index (χ1) is 15.7. The monoisotopic (exact) mass is 427 g/mol. The highest BCUT2D eigenvalue weighted by Crippen LogP contribution is 2.35. The number of benzene rings is 1. The van der Waals surface area contributed by atoms with E-state index in [1.165, 1.54) is 0 Å². The highest BCUT2D eigenvalue weighted by atomic mass is 16.1. The second kappa shape index (κ2) is 8.10. The molecule has 4 aromatic rings. The fraction of sp³-hybridized carbons (Fsp3) is 0.174. The van der Waals surface area contributed by atoms with E-state index in [2.05, 4.69) is 15.3 Å². The van der Waals surface area contributed by atoms with Crippen molar-refractivity contribution in [1.29, 1.82) is 0 Å². The number of nitrogens with one attached hydrogen (secondary N) is 1. The molecule has 0 bridgehead atoms. The molecule has 2 amide bonds. The Morgan fingerprint density at radius 1 is 1.12 bits per heavy atom. The van der Waals surface area contributed by atoms with Crippen LogP contribution in [0.4, 0.5) is 11.6 Å². The van der Waals surface area contributed by atoms with Gasteiger partial charge in [-0.15, -0.1) is 0 Å². The Labute approximate surface area is 183 Å². The smallest absolute Gasteiger partial charge is 0.256 e. The molecule has 3 N–H and O–H groups in total. The maximum atomic E-state index is 12.5. The van der Waals surface area contributed by atoms with Gasteiger partial charge < -0.3 is 16.0 Å². The Balaban J connectivity index is 1.51. The molecule has 4 heterocycles. The molecule has 32 heavy (non-hydrogen) atoms. The van der Waals surface area contributed by atoms with Crippen molar-refractivity contribution in [2.45, 2.75) is 18.9 Å². The van der Waals surface area contributed by atoms with E-state index in [1.54, 1.807) is 41.6 Å². The number of rotatable bonds is 5. The summed E-state index contributed by atoms with van der Waals surface area (Å²) in [6, 6.07) is 12.3. The fourth-order valence-corrected chi connectivity index (χ4v) is 4.12. The lowest BCUT2D eigenvalue weighted by atomic mass is 10.1. The first kappa shape index (κ1) is 19.7. The number of nitrogen functional groups attached to an aromatic ring is 1. The Hall–Kier alpha value is -4.27. The van der Waals surface area contributed by atoms with Crippen molar-refractivity contribution in [2.75, 3.05) is 17.6 Å². The standard InChI is InChI=1S/C23H21N7O2/c24-21-20-19(28-22(30(20)13-11-26-21)17-4-3-12-29(17)14-31)15-6-8-16(9-7-15)23(32)27-18-5-1-2-10-25-18/h1-2,5-11,13-14,17H,3-4,12H2,(H2,24,26)(H,25,27,32)/t17-/m0/s1. The maximum absolute atomic E-state index is 12.5.